The number of carbonyl (C=O) groups is 2. The summed E-state index contributed by atoms with van der Waals surface area (Å²) >= 11 is 1.60. The molecule has 0 radical (unpaired) electrons. The molecular formula is C23H26N2O4S2. The number of piperidine rings is 1. The van der Waals surface area contributed by atoms with Crippen molar-refractivity contribution < 1.29 is 18.0 Å². The van der Waals surface area contributed by atoms with Crippen LogP contribution in [0.1, 0.15) is 30.1 Å². The lowest BCUT2D eigenvalue weighted by atomic mass is 9.97. The summed E-state index contributed by atoms with van der Waals surface area (Å²) in [4.78, 5) is 25.5. The molecule has 8 heteroatoms. The van der Waals surface area contributed by atoms with E-state index in [0.717, 1.165) is 16.3 Å². The zero-order valence-electron chi connectivity index (χ0n) is 17.4. The van der Waals surface area contributed by atoms with Gasteiger partial charge in [-0.05, 0) is 44.0 Å². The van der Waals surface area contributed by atoms with Gasteiger partial charge in [-0.25, -0.2) is 8.42 Å². The first-order valence-corrected chi connectivity index (χ1v) is 12.5. The van der Waals surface area contributed by atoms with E-state index in [0.29, 0.717) is 18.4 Å². The molecule has 0 bridgehead atoms. The smallest absolute Gasteiger partial charge is 0.243 e. The lowest BCUT2D eigenvalue weighted by Gasteiger charge is -2.30. The van der Waals surface area contributed by atoms with E-state index in [1.165, 1.54) is 23.4 Å². The third-order valence-corrected chi connectivity index (χ3v) is 8.17. The van der Waals surface area contributed by atoms with Gasteiger partial charge >= 0.3 is 0 Å². The fourth-order valence-electron chi connectivity index (χ4n) is 3.46. The van der Waals surface area contributed by atoms with Crippen molar-refractivity contribution >= 4 is 39.2 Å². The minimum absolute atomic E-state index is 0.0951. The molecule has 1 heterocycles. The van der Waals surface area contributed by atoms with Gasteiger partial charge in [0.2, 0.25) is 15.9 Å². The van der Waals surface area contributed by atoms with Gasteiger partial charge in [0.25, 0.3) is 0 Å². The van der Waals surface area contributed by atoms with Crippen LogP contribution in [0, 0.1) is 5.92 Å². The van der Waals surface area contributed by atoms with Gasteiger partial charge in [-0.3, -0.25) is 9.59 Å². The number of carbonyl (C=O) groups excluding carboxylic acids is 2. The average molecular weight is 459 g/mol. The molecule has 2 aromatic rings. The molecule has 1 aliphatic heterocycles. The number of sulfonamides is 1. The fourth-order valence-corrected chi connectivity index (χ4v) is 5.73. The first kappa shape index (κ1) is 23.2. The highest BCUT2D eigenvalue weighted by Gasteiger charge is 2.32. The van der Waals surface area contributed by atoms with Gasteiger partial charge in [-0.2, -0.15) is 4.31 Å². The molecule has 0 aliphatic carbocycles. The number of Topliss-reactive ketones (excluding diaryl/α,β-unsaturated/α-hetero) is 1. The van der Waals surface area contributed by atoms with Crippen molar-refractivity contribution in [2.24, 2.45) is 5.92 Å². The van der Waals surface area contributed by atoms with Crippen LogP contribution in [0.15, 0.2) is 71.0 Å². The molecule has 0 atom stereocenters. The Morgan fingerprint density at radius 1 is 1.16 bits per heavy atom. The van der Waals surface area contributed by atoms with Gasteiger partial charge in [-0.1, -0.05) is 30.3 Å². The molecule has 1 aliphatic rings. The molecule has 164 valence electrons. The van der Waals surface area contributed by atoms with Crippen LogP contribution in [0.25, 0.3) is 0 Å². The van der Waals surface area contributed by atoms with Crippen molar-refractivity contribution in [3.63, 3.8) is 0 Å². The second kappa shape index (κ2) is 10.3. The van der Waals surface area contributed by atoms with Crippen LogP contribution < -0.4 is 5.32 Å². The second-order valence-corrected chi connectivity index (χ2v) is 10.3. The number of nitrogens with one attached hydrogen (secondary N) is 1. The highest BCUT2D eigenvalue weighted by Crippen LogP contribution is 2.29. The van der Waals surface area contributed by atoms with Gasteiger partial charge in [0.05, 0.1) is 10.6 Å². The van der Waals surface area contributed by atoms with Gasteiger partial charge < -0.3 is 5.32 Å². The van der Waals surface area contributed by atoms with Crippen LogP contribution in [0.2, 0.25) is 0 Å². The van der Waals surface area contributed by atoms with E-state index in [1.807, 2.05) is 30.3 Å². The number of amides is 1. The second-order valence-electron chi connectivity index (χ2n) is 7.35. The Labute approximate surface area is 187 Å². The van der Waals surface area contributed by atoms with E-state index in [-0.39, 0.29) is 35.6 Å². The third-order valence-electron chi connectivity index (χ3n) is 5.20. The SMILES string of the molecule is C=CCSc1ccccc1NC(=O)C1CCN(S(=O)(=O)c2cccc(C(C)=O)c2)CC1. The molecule has 1 N–H and O–H groups in total. The first-order valence-electron chi connectivity index (χ1n) is 10.1. The third kappa shape index (κ3) is 5.64. The summed E-state index contributed by atoms with van der Waals surface area (Å²) in [5.74, 6) is 0.210. The van der Waals surface area contributed by atoms with E-state index in [9.17, 15) is 18.0 Å². The topological polar surface area (TPSA) is 83.6 Å². The lowest BCUT2D eigenvalue weighted by molar-refractivity contribution is -0.120. The Balaban J connectivity index is 1.64. The molecule has 1 amide bonds. The summed E-state index contributed by atoms with van der Waals surface area (Å²) in [7, 11) is -3.71. The maximum atomic E-state index is 13.0. The standard InChI is InChI=1S/C23H26N2O4S2/c1-3-15-30-22-10-5-4-9-21(22)24-23(27)18-11-13-25(14-12-18)31(28,29)20-8-6-7-19(16-20)17(2)26/h3-10,16,18H,1,11-15H2,2H3,(H,24,27). The number of ketones is 1. The molecule has 3 rings (SSSR count). The van der Waals surface area contributed by atoms with Crippen molar-refractivity contribution in [1.29, 1.82) is 0 Å². The summed E-state index contributed by atoms with van der Waals surface area (Å²) in [6.07, 6.45) is 2.70. The maximum absolute atomic E-state index is 13.0. The quantitative estimate of drug-likeness (QED) is 0.364. The van der Waals surface area contributed by atoms with E-state index >= 15 is 0 Å². The Kier molecular flexibility index (Phi) is 7.69. The predicted octanol–water partition coefficient (Wildman–Crippen LogP) is 4.21. The molecule has 31 heavy (non-hydrogen) atoms. The highest BCUT2D eigenvalue weighted by atomic mass is 32.2. The summed E-state index contributed by atoms with van der Waals surface area (Å²) < 4.78 is 27.3. The number of para-hydroxylation sites is 1. The van der Waals surface area contributed by atoms with Gasteiger partial charge in [0.1, 0.15) is 0 Å². The van der Waals surface area contributed by atoms with Crippen LogP contribution >= 0.6 is 11.8 Å². The number of rotatable bonds is 8. The maximum Gasteiger partial charge on any atom is 0.243 e. The van der Waals surface area contributed by atoms with Crippen LogP contribution in [0.5, 0.6) is 0 Å². The average Bonchev–Trinajstić information content (AvgIpc) is 2.78. The molecule has 2 aromatic carbocycles. The summed E-state index contributed by atoms with van der Waals surface area (Å²) in [6, 6.07) is 13.7. The van der Waals surface area contributed by atoms with E-state index < -0.39 is 10.0 Å². The Morgan fingerprint density at radius 2 is 1.87 bits per heavy atom. The van der Waals surface area contributed by atoms with E-state index in [4.69, 9.17) is 0 Å². The van der Waals surface area contributed by atoms with Crippen molar-refractivity contribution in [2.45, 2.75) is 29.6 Å². The van der Waals surface area contributed by atoms with Crippen molar-refractivity contribution in [1.82, 2.24) is 4.31 Å². The molecule has 0 saturated carbocycles. The molecule has 1 fully saturated rings. The summed E-state index contributed by atoms with van der Waals surface area (Å²) in [5, 5.41) is 2.99. The summed E-state index contributed by atoms with van der Waals surface area (Å²) in [5.41, 5.74) is 1.12. The number of nitrogens with zero attached hydrogens (tertiary/aromatic N) is 1. The Bertz CT molecular complexity index is 1070. The molecule has 1 saturated heterocycles. The number of thioether (sulfide) groups is 1. The number of hydrogen-bond acceptors (Lipinski definition) is 5. The van der Waals surface area contributed by atoms with Crippen LogP contribution in [-0.2, 0) is 14.8 Å². The lowest BCUT2D eigenvalue weighted by Crippen LogP contribution is -2.41. The normalized spacial score (nSPS) is 15.4. The zero-order chi connectivity index (χ0) is 22.4. The van der Waals surface area contributed by atoms with E-state index in [2.05, 4.69) is 11.9 Å². The van der Waals surface area contributed by atoms with Crippen LogP contribution in [0.4, 0.5) is 5.69 Å². The number of anilines is 1. The van der Waals surface area contributed by atoms with Crippen LogP contribution in [0.3, 0.4) is 0 Å². The first-order chi connectivity index (χ1) is 14.8. The minimum atomic E-state index is -3.71. The Hall–Kier alpha value is -2.42. The summed E-state index contributed by atoms with van der Waals surface area (Å²) in [6.45, 7) is 5.65. The monoisotopic (exact) mass is 458 g/mol. The fraction of sp³-hybridized carbons (Fsp3) is 0.304. The minimum Gasteiger partial charge on any atom is -0.325 e. The number of hydrogen-bond donors (Lipinski definition) is 1. The van der Waals surface area contributed by atoms with Gasteiger partial charge in [0, 0.05) is 35.2 Å². The highest BCUT2D eigenvalue weighted by molar-refractivity contribution is 7.99. The number of benzene rings is 2. The molecule has 0 spiro atoms. The van der Waals surface area contributed by atoms with E-state index in [1.54, 1.807) is 23.9 Å². The molecular weight excluding hydrogens is 432 g/mol. The predicted molar refractivity (Wildman–Crippen MR) is 124 cm³/mol. The van der Waals surface area contributed by atoms with Crippen molar-refractivity contribution in [3.05, 3.63) is 66.7 Å². The molecule has 0 aromatic heterocycles. The largest absolute Gasteiger partial charge is 0.325 e. The van der Waals surface area contributed by atoms with Gasteiger partial charge in [-0.15, -0.1) is 18.3 Å². The molecule has 6 nitrogen and oxygen atoms in total. The Morgan fingerprint density at radius 3 is 2.55 bits per heavy atom. The van der Waals surface area contributed by atoms with Crippen molar-refractivity contribution in [2.75, 3.05) is 24.2 Å². The van der Waals surface area contributed by atoms with Crippen molar-refractivity contribution in [3.8, 4) is 0 Å². The zero-order valence-corrected chi connectivity index (χ0v) is 19.0. The van der Waals surface area contributed by atoms with Crippen LogP contribution in [-0.4, -0.2) is 43.3 Å². The molecule has 0 unspecified atom stereocenters. The van der Waals surface area contributed by atoms with Gasteiger partial charge in [0.15, 0.2) is 5.78 Å².